The van der Waals surface area contributed by atoms with Crippen LogP contribution in [0.5, 0.6) is 17.2 Å². The normalized spacial score (nSPS) is 16.8. The molecule has 1 heterocycles. The summed E-state index contributed by atoms with van der Waals surface area (Å²) in [5.41, 5.74) is 3.07. The summed E-state index contributed by atoms with van der Waals surface area (Å²) >= 11 is 0. The molecule has 0 bridgehead atoms. The third kappa shape index (κ3) is 5.53. The lowest BCUT2D eigenvalue weighted by Crippen LogP contribution is -2.35. The maximum Gasteiger partial charge on any atom is 0.254 e. The number of hydrogen-bond donors (Lipinski definition) is 1. The van der Waals surface area contributed by atoms with Crippen LogP contribution in [0, 0.1) is 18.7 Å². The number of aryl methyl sites for hydroxylation is 1. The summed E-state index contributed by atoms with van der Waals surface area (Å²) in [6, 6.07) is 17.1. The van der Waals surface area contributed by atoms with Gasteiger partial charge in [-0.1, -0.05) is 30.3 Å². The van der Waals surface area contributed by atoms with E-state index in [1.807, 2.05) is 37.3 Å². The smallest absolute Gasteiger partial charge is 0.254 e. The van der Waals surface area contributed by atoms with Crippen LogP contribution in [-0.4, -0.2) is 51.1 Å². The molecule has 194 valence electrons. The Labute approximate surface area is 216 Å². The SMILES string of the molecule is COc1cc(C2CN(C(=O)c3ccccc3C)CC2C(=O)NCc2ccc(F)cc2)cc(OC)c1OC. The molecule has 7 nitrogen and oxygen atoms in total. The minimum Gasteiger partial charge on any atom is -0.493 e. The van der Waals surface area contributed by atoms with E-state index in [1.165, 1.54) is 33.5 Å². The first-order chi connectivity index (χ1) is 17.9. The average molecular weight is 507 g/mol. The van der Waals surface area contributed by atoms with Crippen LogP contribution in [0.25, 0.3) is 0 Å². The van der Waals surface area contributed by atoms with Crippen LogP contribution in [0.15, 0.2) is 60.7 Å². The lowest BCUT2D eigenvalue weighted by Gasteiger charge is -2.21. The number of carbonyl (C=O) groups excluding carboxylic acids is 2. The van der Waals surface area contributed by atoms with Gasteiger partial charge in [-0.05, 0) is 53.9 Å². The van der Waals surface area contributed by atoms with Crippen molar-refractivity contribution in [2.24, 2.45) is 5.92 Å². The molecule has 1 aliphatic heterocycles. The Kier molecular flexibility index (Phi) is 7.96. The summed E-state index contributed by atoms with van der Waals surface area (Å²) in [5.74, 6) is -0.0637. The highest BCUT2D eigenvalue weighted by atomic mass is 19.1. The summed E-state index contributed by atoms with van der Waals surface area (Å²) in [4.78, 5) is 28.6. The predicted octanol–water partition coefficient (Wildman–Crippen LogP) is 4.33. The van der Waals surface area contributed by atoms with Gasteiger partial charge in [-0.2, -0.15) is 0 Å². The van der Waals surface area contributed by atoms with E-state index in [4.69, 9.17) is 14.2 Å². The molecule has 3 aromatic carbocycles. The van der Waals surface area contributed by atoms with Crippen LogP contribution in [0.2, 0.25) is 0 Å². The Hall–Kier alpha value is -4.07. The van der Waals surface area contributed by atoms with Gasteiger partial charge in [0, 0.05) is 31.1 Å². The number of halogens is 1. The quantitative estimate of drug-likeness (QED) is 0.492. The molecule has 1 N–H and O–H groups in total. The van der Waals surface area contributed by atoms with Crippen molar-refractivity contribution < 1.29 is 28.2 Å². The van der Waals surface area contributed by atoms with Crippen molar-refractivity contribution in [3.63, 3.8) is 0 Å². The molecule has 1 saturated heterocycles. The van der Waals surface area contributed by atoms with E-state index in [0.717, 1.165) is 16.7 Å². The minimum absolute atomic E-state index is 0.121. The van der Waals surface area contributed by atoms with Crippen molar-refractivity contribution in [3.05, 3.63) is 88.7 Å². The molecule has 1 aliphatic rings. The molecule has 0 saturated carbocycles. The molecule has 2 amide bonds. The predicted molar refractivity (Wildman–Crippen MR) is 138 cm³/mol. The molecule has 3 aromatic rings. The second kappa shape index (κ2) is 11.3. The lowest BCUT2D eigenvalue weighted by molar-refractivity contribution is -0.125. The highest BCUT2D eigenvalue weighted by Gasteiger charge is 2.41. The number of hydrogen-bond acceptors (Lipinski definition) is 5. The van der Waals surface area contributed by atoms with Gasteiger partial charge in [-0.3, -0.25) is 9.59 Å². The van der Waals surface area contributed by atoms with E-state index in [-0.39, 0.29) is 36.6 Å². The Morgan fingerprint density at radius 3 is 2.19 bits per heavy atom. The fourth-order valence-corrected chi connectivity index (χ4v) is 4.79. The molecule has 0 radical (unpaired) electrons. The maximum atomic E-state index is 13.5. The molecule has 8 heteroatoms. The van der Waals surface area contributed by atoms with Crippen molar-refractivity contribution in [2.45, 2.75) is 19.4 Å². The van der Waals surface area contributed by atoms with Gasteiger partial charge >= 0.3 is 0 Å². The van der Waals surface area contributed by atoms with E-state index in [1.54, 1.807) is 23.1 Å². The zero-order valence-electron chi connectivity index (χ0n) is 21.4. The molecule has 2 unspecified atom stereocenters. The molecular weight excluding hydrogens is 475 g/mol. The largest absolute Gasteiger partial charge is 0.493 e. The Bertz CT molecular complexity index is 1250. The summed E-state index contributed by atoms with van der Waals surface area (Å²) < 4.78 is 29.8. The third-order valence-electron chi connectivity index (χ3n) is 6.81. The third-order valence-corrected chi connectivity index (χ3v) is 6.81. The van der Waals surface area contributed by atoms with Crippen LogP contribution in [-0.2, 0) is 11.3 Å². The maximum absolute atomic E-state index is 13.5. The number of rotatable bonds is 8. The van der Waals surface area contributed by atoms with Crippen molar-refractivity contribution in [3.8, 4) is 17.2 Å². The highest BCUT2D eigenvalue weighted by molar-refractivity contribution is 5.96. The van der Waals surface area contributed by atoms with Gasteiger partial charge in [0.2, 0.25) is 11.7 Å². The van der Waals surface area contributed by atoms with Crippen LogP contribution >= 0.6 is 0 Å². The van der Waals surface area contributed by atoms with E-state index in [9.17, 15) is 14.0 Å². The monoisotopic (exact) mass is 506 g/mol. The number of methoxy groups -OCH3 is 3. The van der Waals surface area contributed by atoms with Crippen molar-refractivity contribution in [1.82, 2.24) is 10.2 Å². The first kappa shape index (κ1) is 26.0. The van der Waals surface area contributed by atoms with E-state index >= 15 is 0 Å². The number of benzene rings is 3. The molecule has 1 fully saturated rings. The van der Waals surface area contributed by atoms with Gasteiger partial charge in [-0.15, -0.1) is 0 Å². The first-order valence-corrected chi connectivity index (χ1v) is 12.0. The van der Waals surface area contributed by atoms with Gasteiger partial charge in [0.1, 0.15) is 5.82 Å². The molecule has 4 rings (SSSR count). The van der Waals surface area contributed by atoms with Crippen LogP contribution in [0.4, 0.5) is 4.39 Å². The van der Waals surface area contributed by atoms with Gasteiger partial charge in [0.25, 0.3) is 5.91 Å². The van der Waals surface area contributed by atoms with E-state index in [0.29, 0.717) is 29.4 Å². The molecule has 0 aliphatic carbocycles. The summed E-state index contributed by atoms with van der Waals surface area (Å²) in [6.07, 6.45) is 0. The Balaban J connectivity index is 1.65. The number of nitrogens with zero attached hydrogens (tertiary/aromatic N) is 1. The minimum atomic E-state index is -0.517. The van der Waals surface area contributed by atoms with Gasteiger partial charge in [0.05, 0.1) is 27.2 Å². The van der Waals surface area contributed by atoms with E-state index < -0.39 is 5.92 Å². The van der Waals surface area contributed by atoms with Gasteiger partial charge < -0.3 is 24.4 Å². The number of likely N-dealkylation sites (tertiary alicyclic amines) is 1. The van der Waals surface area contributed by atoms with Gasteiger partial charge in [0.15, 0.2) is 11.5 Å². The van der Waals surface area contributed by atoms with Crippen LogP contribution in [0.1, 0.15) is 33.0 Å². The summed E-state index contributed by atoms with van der Waals surface area (Å²) in [5, 5.41) is 2.96. The number of carbonyl (C=O) groups is 2. The molecule has 0 aromatic heterocycles. The Morgan fingerprint density at radius 2 is 1.59 bits per heavy atom. The van der Waals surface area contributed by atoms with Gasteiger partial charge in [-0.25, -0.2) is 4.39 Å². The second-order valence-corrected chi connectivity index (χ2v) is 9.04. The fraction of sp³-hybridized carbons (Fsp3) is 0.310. The molecular formula is C29H31FN2O5. The Morgan fingerprint density at radius 1 is 0.946 bits per heavy atom. The lowest BCUT2D eigenvalue weighted by atomic mass is 9.87. The van der Waals surface area contributed by atoms with Crippen molar-refractivity contribution in [2.75, 3.05) is 34.4 Å². The zero-order valence-corrected chi connectivity index (χ0v) is 21.4. The van der Waals surface area contributed by atoms with Crippen LogP contribution < -0.4 is 19.5 Å². The topological polar surface area (TPSA) is 77.1 Å². The average Bonchev–Trinajstić information content (AvgIpc) is 3.37. The molecule has 0 spiro atoms. The fourth-order valence-electron chi connectivity index (χ4n) is 4.79. The standard InChI is InChI=1S/C29H31FN2O5/c1-18-7-5-6-8-22(18)29(34)32-16-23(20-13-25(35-2)27(37-4)26(14-20)36-3)24(17-32)28(33)31-15-19-9-11-21(30)12-10-19/h5-14,23-24H,15-17H2,1-4H3,(H,31,33). The number of ether oxygens (including phenoxy) is 3. The zero-order chi connectivity index (χ0) is 26.5. The molecule has 2 atom stereocenters. The number of amides is 2. The highest BCUT2D eigenvalue weighted by Crippen LogP contribution is 2.43. The van der Waals surface area contributed by atoms with Crippen LogP contribution in [0.3, 0.4) is 0 Å². The van der Waals surface area contributed by atoms with E-state index in [2.05, 4.69) is 5.32 Å². The second-order valence-electron chi connectivity index (χ2n) is 9.04. The summed E-state index contributed by atoms with van der Waals surface area (Å²) in [6.45, 7) is 2.75. The first-order valence-electron chi connectivity index (χ1n) is 12.0. The van der Waals surface area contributed by atoms with Crippen molar-refractivity contribution >= 4 is 11.8 Å². The number of nitrogens with one attached hydrogen (secondary N) is 1. The van der Waals surface area contributed by atoms with Crippen molar-refractivity contribution in [1.29, 1.82) is 0 Å². The molecule has 37 heavy (non-hydrogen) atoms. The summed E-state index contributed by atoms with van der Waals surface area (Å²) in [7, 11) is 4.61.